The Labute approximate surface area is 171 Å². The molecule has 2 aromatic rings. The number of amides is 3. The smallest absolute Gasteiger partial charge is 0.319 e. The van der Waals surface area contributed by atoms with Crippen molar-refractivity contribution in [2.45, 2.75) is 39.7 Å². The lowest BCUT2D eigenvalue weighted by molar-refractivity contribution is -0.113. The van der Waals surface area contributed by atoms with Gasteiger partial charge in [0.25, 0.3) is 5.91 Å². The molecule has 6 nitrogen and oxygen atoms in total. The van der Waals surface area contributed by atoms with Crippen LogP contribution in [0.1, 0.15) is 44.4 Å². The maximum Gasteiger partial charge on any atom is 0.319 e. The van der Waals surface area contributed by atoms with Crippen LogP contribution < -0.4 is 20.7 Å². The quantitative estimate of drug-likeness (QED) is 0.656. The van der Waals surface area contributed by atoms with Crippen molar-refractivity contribution in [2.24, 2.45) is 0 Å². The van der Waals surface area contributed by atoms with Gasteiger partial charge in [0, 0.05) is 5.70 Å². The zero-order chi connectivity index (χ0) is 20.8. The van der Waals surface area contributed by atoms with Crippen LogP contribution in [0.4, 0.5) is 10.5 Å². The van der Waals surface area contributed by atoms with Crippen LogP contribution in [0, 0.1) is 0 Å². The van der Waals surface area contributed by atoms with Crippen LogP contribution in [-0.2, 0) is 11.2 Å². The first-order valence-corrected chi connectivity index (χ1v) is 9.93. The summed E-state index contributed by atoms with van der Waals surface area (Å²) in [4.78, 5) is 25.3. The van der Waals surface area contributed by atoms with E-state index in [4.69, 9.17) is 4.74 Å². The number of hydrogen-bond donors (Lipinski definition) is 3. The summed E-state index contributed by atoms with van der Waals surface area (Å²) in [6, 6.07) is 14.5. The Morgan fingerprint density at radius 2 is 1.83 bits per heavy atom. The van der Waals surface area contributed by atoms with Gasteiger partial charge in [0.1, 0.15) is 5.75 Å². The minimum atomic E-state index is -0.529. The van der Waals surface area contributed by atoms with E-state index in [-0.39, 0.29) is 11.9 Å². The van der Waals surface area contributed by atoms with Gasteiger partial charge in [0.05, 0.1) is 23.9 Å². The number of carbonyl (C=O) groups is 2. The van der Waals surface area contributed by atoms with Crippen LogP contribution in [-0.4, -0.2) is 18.5 Å². The number of ether oxygens (including phenoxy) is 1. The molecule has 3 rings (SSSR count). The number of carbonyl (C=O) groups excluding carboxylic acids is 2. The summed E-state index contributed by atoms with van der Waals surface area (Å²) in [6.45, 7) is 6.26. The molecule has 6 heteroatoms. The predicted molar refractivity (Wildman–Crippen MR) is 114 cm³/mol. The summed E-state index contributed by atoms with van der Waals surface area (Å²) in [5.41, 5.74) is 3.69. The number of hydrogen-bond acceptors (Lipinski definition) is 3. The van der Waals surface area contributed by atoms with Crippen LogP contribution >= 0.6 is 0 Å². The maximum absolute atomic E-state index is 13.2. The van der Waals surface area contributed by atoms with Gasteiger partial charge < -0.3 is 20.7 Å². The highest BCUT2D eigenvalue weighted by atomic mass is 16.5. The summed E-state index contributed by atoms with van der Waals surface area (Å²) >= 11 is 0. The van der Waals surface area contributed by atoms with Crippen LogP contribution in [0.25, 0.3) is 0 Å². The molecular weight excluding hydrogens is 366 g/mol. The Balaban J connectivity index is 1.90. The fourth-order valence-corrected chi connectivity index (χ4v) is 3.45. The third-order valence-electron chi connectivity index (χ3n) is 4.80. The van der Waals surface area contributed by atoms with E-state index in [1.807, 2.05) is 49.4 Å². The first-order valence-electron chi connectivity index (χ1n) is 9.93. The Morgan fingerprint density at radius 1 is 1.10 bits per heavy atom. The molecule has 3 amide bonds. The number of para-hydroxylation sites is 2. The molecular formula is C23H27N3O3. The molecule has 3 N–H and O–H groups in total. The number of anilines is 1. The van der Waals surface area contributed by atoms with E-state index in [2.05, 4.69) is 22.9 Å². The topological polar surface area (TPSA) is 79.5 Å². The van der Waals surface area contributed by atoms with E-state index >= 15 is 0 Å². The number of urea groups is 1. The van der Waals surface area contributed by atoms with Crippen molar-refractivity contribution >= 4 is 17.6 Å². The number of rotatable bonds is 7. The lowest BCUT2D eigenvalue weighted by Crippen LogP contribution is -2.46. The maximum atomic E-state index is 13.2. The van der Waals surface area contributed by atoms with Gasteiger partial charge in [0.15, 0.2) is 0 Å². The molecule has 0 bridgehead atoms. The number of allylic oxidation sites excluding steroid dienone is 1. The first kappa shape index (κ1) is 20.5. The van der Waals surface area contributed by atoms with Gasteiger partial charge >= 0.3 is 6.03 Å². The van der Waals surface area contributed by atoms with Crippen molar-refractivity contribution in [3.63, 3.8) is 0 Å². The molecule has 152 valence electrons. The zero-order valence-corrected chi connectivity index (χ0v) is 17.0. The molecule has 1 unspecified atom stereocenters. The molecule has 2 aromatic carbocycles. The van der Waals surface area contributed by atoms with Gasteiger partial charge in [-0.2, -0.15) is 0 Å². The third-order valence-corrected chi connectivity index (χ3v) is 4.80. The molecule has 1 atom stereocenters. The van der Waals surface area contributed by atoms with Gasteiger partial charge in [-0.05, 0) is 43.5 Å². The van der Waals surface area contributed by atoms with E-state index in [0.29, 0.717) is 29.3 Å². The molecule has 0 radical (unpaired) electrons. The average molecular weight is 393 g/mol. The van der Waals surface area contributed by atoms with E-state index in [1.54, 1.807) is 13.0 Å². The molecule has 0 saturated heterocycles. The van der Waals surface area contributed by atoms with Crippen LogP contribution in [0.5, 0.6) is 5.75 Å². The summed E-state index contributed by atoms with van der Waals surface area (Å²) < 4.78 is 5.60. The summed E-state index contributed by atoms with van der Waals surface area (Å²) in [5.74, 6) is 0.319. The van der Waals surface area contributed by atoms with E-state index in [0.717, 1.165) is 18.4 Å². The number of aryl methyl sites for hydroxylation is 1. The van der Waals surface area contributed by atoms with Crippen molar-refractivity contribution < 1.29 is 14.3 Å². The van der Waals surface area contributed by atoms with Gasteiger partial charge in [-0.25, -0.2) is 4.79 Å². The third kappa shape index (κ3) is 4.77. The zero-order valence-electron chi connectivity index (χ0n) is 17.0. The number of nitrogens with one attached hydrogen (secondary N) is 3. The minimum absolute atomic E-state index is 0.287. The van der Waals surface area contributed by atoms with E-state index in [9.17, 15) is 9.59 Å². The van der Waals surface area contributed by atoms with Gasteiger partial charge in [-0.3, -0.25) is 4.79 Å². The normalized spacial score (nSPS) is 16.1. The largest absolute Gasteiger partial charge is 0.492 e. The first-order chi connectivity index (χ1) is 14.0. The summed E-state index contributed by atoms with van der Waals surface area (Å²) in [5, 5.41) is 8.50. The van der Waals surface area contributed by atoms with Crippen molar-refractivity contribution in [2.75, 3.05) is 11.9 Å². The SMILES string of the molecule is CCCc1ccc(C2NC(=O)NC(C)=C2C(=O)Nc2ccccc2OCC)cc1. The molecule has 0 saturated carbocycles. The molecule has 1 heterocycles. The fourth-order valence-electron chi connectivity index (χ4n) is 3.45. The lowest BCUT2D eigenvalue weighted by Gasteiger charge is -2.29. The van der Waals surface area contributed by atoms with E-state index in [1.165, 1.54) is 5.56 Å². The van der Waals surface area contributed by atoms with Gasteiger partial charge in [0.2, 0.25) is 0 Å². The number of benzene rings is 2. The summed E-state index contributed by atoms with van der Waals surface area (Å²) in [7, 11) is 0. The highest BCUT2D eigenvalue weighted by molar-refractivity contribution is 6.07. The standard InChI is InChI=1S/C23H27N3O3/c1-4-8-16-11-13-17(14-12-16)21-20(15(3)24-23(28)26-21)22(27)25-18-9-6-7-10-19(18)29-5-2/h6-7,9-14,21H,4-5,8H2,1-3H3,(H,25,27)(H2,24,26,28). The lowest BCUT2D eigenvalue weighted by atomic mass is 9.93. The second-order valence-corrected chi connectivity index (χ2v) is 6.95. The Kier molecular flexibility index (Phi) is 6.54. The molecule has 29 heavy (non-hydrogen) atoms. The Morgan fingerprint density at radius 3 is 2.52 bits per heavy atom. The fraction of sp³-hybridized carbons (Fsp3) is 0.304. The van der Waals surface area contributed by atoms with Crippen LogP contribution in [0.2, 0.25) is 0 Å². The van der Waals surface area contributed by atoms with E-state index < -0.39 is 6.04 Å². The highest BCUT2D eigenvalue weighted by Gasteiger charge is 2.31. The second kappa shape index (κ2) is 9.28. The molecule has 0 spiro atoms. The van der Waals surface area contributed by atoms with Crippen LogP contribution in [0.3, 0.4) is 0 Å². The Hall–Kier alpha value is -3.28. The van der Waals surface area contributed by atoms with Gasteiger partial charge in [-0.15, -0.1) is 0 Å². The molecule has 0 aliphatic carbocycles. The summed E-state index contributed by atoms with van der Waals surface area (Å²) in [6.07, 6.45) is 2.06. The monoisotopic (exact) mass is 393 g/mol. The van der Waals surface area contributed by atoms with Gasteiger partial charge in [-0.1, -0.05) is 49.7 Å². The average Bonchev–Trinajstić information content (AvgIpc) is 2.70. The van der Waals surface area contributed by atoms with Crippen molar-refractivity contribution in [1.82, 2.24) is 10.6 Å². The van der Waals surface area contributed by atoms with Crippen LogP contribution in [0.15, 0.2) is 59.8 Å². The van der Waals surface area contributed by atoms with Crippen molar-refractivity contribution in [1.29, 1.82) is 0 Å². The molecule has 1 aliphatic heterocycles. The Bertz CT molecular complexity index is 919. The minimum Gasteiger partial charge on any atom is -0.492 e. The van der Waals surface area contributed by atoms with Crippen molar-refractivity contribution in [3.8, 4) is 5.75 Å². The highest BCUT2D eigenvalue weighted by Crippen LogP contribution is 2.30. The van der Waals surface area contributed by atoms with Crippen molar-refractivity contribution in [3.05, 3.63) is 70.9 Å². The predicted octanol–water partition coefficient (Wildman–Crippen LogP) is 4.30. The molecule has 0 fully saturated rings. The molecule has 0 aromatic heterocycles. The second-order valence-electron chi connectivity index (χ2n) is 6.95. The molecule has 1 aliphatic rings.